The highest BCUT2D eigenvalue weighted by Crippen LogP contribution is 2.33. The first-order valence-electron chi connectivity index (χ1n) is 6.34. The van der Waals surface area contributed by atoms with E-state index in [-0.39, 0.29) is 5.54 Å². The highest BCUT2D eigenvalue weighted by molar-refractivity contribution is 5.21. The Morgan fingerprint density at radius 3 is 2.38 bits per heavy atom. The normalized spacial score (nSPS) is 19.0. The van der Waals surface area contributed by atoms with Crippen molar-refractivity contribution in [3.8, 4) is 0 Å². The van der Waals surface area contributed by atoms with E-state index in [4.69, 9.17) is 10.7 Å². The van der Waals surface area contributed by atoms with E-state index in [1.165, 1.54) is 43.5 Å². The van der Waals surface area contributed by atoms with Gasteiger partial charge in [-0.3, -0.25) is 0 Å². The molecule has 1 aromatic heterocycles. The number of nitrogens with one attached hydrogen (secondary N) is 1. The van der Waals surface area contributed by atoms with Crippen molar-refractivity contribution < 1.29 is 0 Å². The molecule has 0 aliphatic heterocycles. The lowest BCUT2D eigenvalue weighted by Gasteiger charge is -2.20. The van der Waals surface area contributed by atoms with Crippen molar-refractivity contribution in [2.45, 2.75) is 64.3 Å². The van der Waals surface area contributed by atoms with Gasteiger partial charge in [-0.15, -0.1) is 0 Å². The smallest absolute Gasteiger partial charge is 0.126 e. The zero-order valence-corrected chi connectivity index (χ0v) is 10.6. The fourth-order valence-electron chi connectivity index (χ4n) is 2.55. The maximum absolute atomic E-state index is 6.07. The summed E-state index contributed by atoms with van der Waals surface area (Å²) in [6, 6.07) is 0. The molecule has 3 N–H and O–H groups in total. The molecule has 90 valence electrons. The average Bonchev–Trinajstić information content (AvgIpc) is 2.61. The number of hydrogen-bond acceptors (Lipinski definition) is 2. The number of aromatic amines is 1. The molecule has 2 rings (SSSR count). The molecule has 0 amide bonds. The second kappa shape index (κ2) is 4.21. The zero-order valence-electron chi connectivity index (χ0n) is 10.6. The van der Waals surface area contributed by atoms with E-state index >= 15 is 0 Å². The van der Waals surface area contributed by atoms with E-state index in [2.05, 4.69) is 11.9 Å². The van der Waals surface area contributed by atoms with Gasteiger partial charge in [0.25, 0.3) is 0 Å². The molecule has 0 radical (unpaired) electrons. The number of aromatic nitrogens is 2. The summed E-state index contributed by atoms with van der Waals surface area (Å²) >= 11 is 0. The molecule has 1 fully saturated rings. The number of hydrogen-bond donors (Lipinski definition) is 2. The first kappa shape index (κ1) is 11.6. The predicted octanol–water partition coefficient (Wildman–Crippen LogP) is 2.96. The number of aryl methyl sites for hydroxylation is 1. The van der Waals surface area contributed by atoms with E-state index in [1.54, 1.807) is 0 Å². The average molecular weight is 221 g/mol. The molecule has 1 saturated carbocycles. The van der Waals surface area contributed by atoms with Crippen LogP contribution in [0.25, 0.3) is 0 Å². The molecule has 0 unspecified atom stereocenters. The van der Waals surface area contributed by atoms with Crippen LogP contribution in [0.1, 0.15) is 69.1 Å². The van der Waals surface area contributed by atoms with Crippen LogP contribution in [0, 0.1) is 6.92 Å². The van der Waals surface area contributed by atoms with Crippen molar-refractivity contribution in [1.29, 1.82) is 0 Å². The molecule has 1 heterocycles. The molecule has 3 nitrogen and oxygen atoms in total. The van der Waals surface area contributed by atoms with E-state index < -0.39 is 0 Å². The molecular weight excluding hydrogens is 198 g/mol. The summed E-state index contributed by atoms with van der Waals surface area (Å²) in [6.45, 7) is 6.11. The van der Waals surface area contributed by atoms with Crippen molar-refractivity contribution in [3.63, 3.8) is 0 Å². The lowest BCUT2D eigenvalue weighted by molar-refractivity contribution is 0.434. The van der Waals surface area contributed by atoms with Crippen molar-refractivity contribution in [2.75, 3.05) is 0 Å². The van der Waals surface area contributed by atoms with Crippen LogP contribution >= 0.6 is 0 Å². The topological polar surface area (TPSA) is 54.7 Å². The van der Waals surface area contributed by atoms with Gasteiger partial charge in [0.1, 0.15) is 5.82 Å². The first-order chi connectivity index (χ1) is 7.48. The number of nitrogens with two attached hydrogens (primary N) is 1. The molecule has 3 heteroatoms. The van der Waals surface area contributed by atoms with Gasteiger partial charge in [0.05, 0.1) is 11.2 Å². The Hall–Kier alpha value is -0.830. The summed E-state index contributed by atoms with van der Waals surface area (Å²) in [6.07, 6.45) is 6.65. The van der Waals surface area contributed by atoms with Gasteiger partial charge in [-0.2, -0.15) is 0 Å². The van der Waals surface area contributed by atoms with E-state index in [0.717, 1.165) is 5.82 Å². The number of H-pyrrole nitrogens is 1. The highest BCUT2D eigenvalue weighted by Gasteiger charge is 2.24. The van der Waals surface area contributed by atoms with Crippen molar-refractivity contribution in [1.82, 2.24) is 9.97 Å². The van der Waals surface area contributed by atoms with Crippen LogP contribution in [0.3, 0.4) is 0 Å². The van der Waals surface area contributed by atoms with Gasteiger partial charge in [0, 0.05) is 11.6 Å². The lowest BCUT2D eigenvalue weighted by atomic mass is 9.86. The minimum absolute atomic E-state index is 0.363. The van der Waals surface area contributed by atoms with Crippen molar-refractivity contribution in [3.05, 3.63) is 17.2 Å². The molecule has 0 bridgehead atoms. The van der Waals surface area contributed by atoms with Crippen molar-refractivity contribution >= 4 is 0 Å². The standard InChI is InChI=1S/C13H23N3/c1-9-11(10-7-5-4-6-8-10)16-12(15-9)13(2,3)14/h10H,4-8,14H2,1-3H3,(H,15,16). The molecule has 1 aromatic rings. The zero-order chi connectivity index (χ0) is 11.8. The molecular formula is C13H23N3. The van der Waals surface area contributed by atoms with Gasteiger partial charge in [0.15, 0.2) is 0 Å². The van der Waals surface area contributed by atoms with Gasteiger partial charge < -0.3 is 10.7 Å². The van der Waals surface area contributed by atoms with Crippen LogP contribution in [-0.2, 0) is 5.54 Å². The Bertz CT molecular complexity index is 354. The Labute approximate surface area is 97.8 Å². The van der Waals surface area contributed by atoms with Gasteiger partial charge in [0.2, 0.25) is 0 Å². The lowest BCUT2D eigenvalue weighted by Crippen LogP contribution is -2.30. The second-order valence-electron chi connectivity index (χ2n) is 5.65. The summed E-state index contributed by atoms with van der Waals surface area (Å²) < 4.78 is 0. The molecule has 0 spiro atoms. The monoisotopic (exact) mass is 221 g/mol. The fraction of sp³-hybridized carbons (Fsp3) is 0.769. The maximum Gasteiger partial charge on any atom is 0.126 e. The molecule has 1 aliphatic rings. The van der Waals surface area contributed by atoms with E-state index in [0.29, 0.717) is 5.92 Å². The number of nitrogens with zero attached hydrogens (tertiary/aromatic N) is 1. The molecule has 1 aliphatic carbocycles. The van der Waals surface area contributed by atoms with Crippen LogP contribution in [0.5, 0.6) is 0 Å². The fourth-order valence-corrected chi connectivity index (χ4v) is 2.55. The van der Waals surface area contributed by atoms with Gasteiger partial charge in [-0.25, -0.2) is 4.98 Å². The molecule has 16 heavy (non-hydrogen) atoms. The summed E-state index contributed by atoms with van der Waals surface area (Å²) in [5, 5.41) is 0. The Morgan fingerprint density at radius 1 is 1.25 bits per heavy atom. The van der Waals surface area contributed by atoms with Gasteiger partial charge in [-0.1, -0.05) is 19.3 Å². The maximum atomic E-state index is 6.07. The highest BCUT2D eigenvalue weighted by atomic mass is 15.0. The van der Waals surface area contributed by atoms with Crippen LogP contribution < -0.4 is 5.73 Å². The van der Waals surface area contributed by atoms with Gasteiger partial charge >= 0.3 is 0 Å². The summed E-state index contributed by atoms with van der Waals surface area (Å²) in [5.41, 5.74) is 8.18. The summed E-state index contributed by atoms with van der Waals surface area (Å²) in [5.74, 6) is 1.58. The van der Waals surface area contributed by atoms with Crippen LogP contribution in [0.15, 0.2) is 0 Å². The first-order valence-corrected chi connectivity index (χ1v) is 6.34. The van der Waals surface area contributed by atoms with Crippen LogP contribution in [-0.4, -0.2) is 9.97 Å². The molecule has 0 atom stereocenters. The minimum atomic E-state index is -0.363. The van der Waals surface area contributed by atoms with Gasteiger partial charge in [-0.05, 0) is 33.6 Å². The summed E-state index contributed by atoms with van der Waals surface area (Å²) in [7, 11) is 0. The molecule has 0 aromatic carbocycles. The van der Waals surface area contributed by atoms with Crippen molar-refractivity contribution in [2.24, 2.45) is 5.73 Å². The second-order valence-corrected chi connectivity index (χ2v) is 5.65. The Kier molecular flexibility index (Phi) is 3.06. The minimum Gasteiger partial charge on any atom is -0.344 e. The summed E-state index contributed by atoms with van der Waals surface area (Å²) in [4.78, 5) is 8.07. The number of imidazole rings is 1. The third-order valence-electron chi connectivity index (χ3n) is 3.52. The largest absolute Gasteiger partial charge is 0.344 e. The third-order valence-corrected chi connectivity index (χ3v) is 3.52. The SMILES string of the molecule is Cc1[nH]c(C(C)(C)N)nc1C1CCCCC1. The Morgan fingerprint density at radius 2 is 1.88 bits per heavy atom. The molecule has 0 saturated heterocycles. The quantitative estimate of drug-likeness (QED) is 0.806. The van der Waals surface area contributed by atoms with Crippen LogP contribution in [0.4, 0.5) is 0 Å². The van der Waals surface area contributed by atoms with E-state index in [9.17, 15) is 0 Å². The Balaban J connectivity index is 2.24. The number of rotatable bonds is 2. The van der Waals surface area contributed by atoms with E-state index in [1.807, 2.05) is 13.8 Å². The predicted molar refractivity (Wildman–Crippen MR) is 66.4 cm³/mol. The van der Waals surface area contributed by atoms with Crippen LogP contribution in [0.2, 0.25) is 0 Å². The third kappa shape index (κ3) is 2.29.